The highest BCUT2D eigenvalue weighted by molar-refractivity contribution is 5.88. The molecule has 0 saturated heterocycles. The number of ether oxygens (including phenoxy) is 2. The lowest BCUT2D eigenvalue weighted by Crippen LogP contribution is -2.12. The van der Waals surface area contributed by atoms with Crippen LogP contribution < -0.4 is 9.47 Å². The third kappa shape index (κ3) is 5.61. The molecule has 1 N–H and O–H groups in total. The second-order valence-electron chi connectivity index (χ2n) is 7.05. The van der Waals surface area contributed by atoms with Crippen molar-refractivity contribution in [1.29, 1.82) is 0 Å². The first kappa shape index (κ1) is 20.5. The summed E-state index contributed by atoms with van der Waals surface area (Å²) in [6.45, 7) is 2.07. The molecule has 0 aliphatic rings. The molecule has 4 heteroatoms. The number of hydrogen-bond donors (Lipinski definition) is 1. The average molecular weight is 390 g/mol. The molecule has 0 aliphatic carbocycles. The van der Waals surface area contributed by atoms with Crippen molar-refractivity contribution in [3.8, 4) is 22.6 Å². The Morgan fingerprint density at radius 2 is 1.62 bits per heavy atom. The fourth-order valence-corrected chi connectivity index (χ4v) is 3.27. The van der Waals surface area contributed by atoms with E-state index in [4.69, 9.17) is 14.6 Å². The lowest BCUT2D eigenvalue weighted by Gasteiger charge is -2.18. The second-order valence-corrected chi connectivity index (χ2v) is 7.05. The number of hydrogen-bond acceptors (Lipinski definition) is 3. The predicted molar refractivity (Wildman–Crippen MR) is 115 cm³/mol. The van der Waals surface area contributed by atoms with E-state index in [1.54, 1.807) is 31.4 Å². The number of carbonyl (C=O) groups is 1. The van der Waals surface area contributed by atoms with Gasteiger partial charge in [0.05, 0.1) is 18.8 Å². The van der Waals surface area contributed by atoms with Gasteiger partial charge in [0.15, 0.2) is 11.5 Å². The van der Waals surface area contributed by atoms with Gasteiger partial charge in [-0.25, -0.2) is 4.79 Å². The summed E-state index contributed by atoms with van der Waals surface area (Å²) in [4.78, 5) is 11.0. The Morgan fingerprint density at radius 3 is 2.28 bits per heavy atom. The maximum atomic E-state index is 11.0. The number of carboxylic acids is 1. The molecule has 0 aromatic heterocycles. The highest BCUT2D eigenvalue weighted by Gasteiger charge is 2.12. The van der Waals surface area contributed by atoms with Crippen molar-refractivity contribution >= 4 is 5.97 Å². The van der Waals surface area contributed by atoms with Gasteiger partial charge in [0.25, 0.3) is 0 Å². The molecule has 4 nitrogen and oxygen atoms in total. The zero-order valence-electron chi connectivity index (χ0n) is 16.8. The maximum Gasteiger partial charge on any atom is 0.335 e. The molecule has 0 aliphatic heterocycles. The van der Waals surface area contributed by atoms with Crippen molar-refractivity contribution in [2.75, 3.05) is 7.11 Å². The van der Waals surface area contributed by atoms with Gasteiger partial charge in [-0.1, -0.05) is 48.5 Å². The summed E-state index contributed by atoms with van der Waals surface area (Å²) in [7, 11) is 1.63. The van der Waals surface area contributed by atoms with E-state index in [2.05, 4.69) is 31.2 Å². The molecule has 0 unspecified atom stereocenters. The summed E-state index contributed by atoms with van der Waals surface area (Å²) < 4.78 is 11.6. The molecule has 0 heterocycles. The zero-order chi connectivity index (χ0) is 20.6. The van der Waals surface area contributed by atoms with Crippen molar-refractivity contribution in [3.63, 3.8) is 0 Å². The van der Waals surface area contributed by atoms with Crippen molar-refractivity contribution < 1.29 is 19.4 Å². The topological polar surface area (TPSA) is 55.8 Å². The molecule has 0 saturated carbocycles. The number of methoxy groups -OCH3 is 1. The molecule has 1 atom stereocenters. The largest absolute Gasteiger partial charge is 0.493 e. The zero-order valence-corrected chi connectivity index (χ0v) is 16.8. The van der Waals surface area contributed by atoms with Crippen LogP contribution in [0.5, 0.6) is 11.5 Å². The molecular formula is C25H26O4. The minimum Gasteiger partial charge on any atom is -0.493 e. The van der Waals surface area contributed by atoms with Crippen LogP contribution in [0.25, 0.3) is 11.1 Å². The highest BCUT2D eigenvalue weighted by atomic mass is 16.5. The van der Waals surface area contributed by atoms with Gasteiger partial charge in [-0.05, 0) is 67.1 Å². The van der Waals surface area contributed by atoms with Gasteiger partial charge in [-0.15, -0.1) is 0 Å². The molecule has 29 heavy (non-hydrogen) atoms. The van der Waals surface area contributed by atoms with E-state index < -0.39 is 5.97 Å². The number of aromatic carboxylic acids is 1. The fourth-order valence-electron chi connectivity index (χ4n) is 3.27. The van der Waals surface area contributed by atoms with Gasteiger partial charge in [0.2, 0.25) is 0 Å². The van der Waals surface area contributed by atoms with Crippen molar-refractivity contribution in [2.45, 2.75) is 32.3 Å². The van der Waals surface area contributed by atoms with Crippen LogP contribution in [0.1, 0.15) is 35.7 Å². The maximum absolute atomic E-state index is 11.0. The summed E-state index contributed by atoms with van der Waals surface area (Å²) in [5.41, 5.74) is 3.49. The Kier molecular flexibility index (Phi) is 6.90. The number of benzene rings is 3. The first-order chi connectivity index (χ1) is 14.1. The van der Waals surface area contributed by atoms with E-state index in [0.717, 1.165) is 30.4 Å². The van der Waals surface area contributed by atoms with Crippen molar-refractivity contribution in [2.24, 2.45) is 0 Å². The smallest absolute Gasteiger partial charge is 0.335 e. The van der Waals surface area contributed by atoms with Crippen molar-refractivity contribution in [1.82, 2.24) is 0 Å². The van der Waals surface area contributed by atoms with Crippen LogP contribution in [0.4, 0.5) is 0 Å². The summed E-state index contributed by atoms with van der Waals surface area (Å²) in [6.07, 6.45) is 3.07. The van der Waals surface area contributed by atoms with Gasteiger partial charge in [-0.3, -0.25) is 0 Å². The van der Waals surface area contributed by atoms with Crippen LogP contribution in [0.2, 0.25) is 0 Å². The molecule has 3 rings (SSSR count). The second kappa shape index (κ2) is 9.78. The summed E-state index contributed by atoms with van der Waals surface area (Å²) in [5.74, 6) is 0.449. The molecule has 150 valence electrons. The van der Waals surface area contributed by atoms with Gasteiger partial charge in [-0.2, -0.15) is 0 Å². The van der Waals surface area contributed by atoms with Crippen molar-refractivity contribution in [3.05, 3.63) is 83.9 Å². The van der Waals surface area contributed by atoms with Crippen LogP contribution in [0.3, 0.4) is 0 Å². The van der Waals surface area contributed by atoms with Gasteiger partial charge < -0.3 is 14.6 Å². The molecule has 0 amide bonds. The van der Waals surface area contributed by atoms with E-state index in [-0.39, 0.29) is 11.7 Å². The Labute approximate surface area is 171 Å². The first-order valence-corrected chi connectivity index (χ1v) is 9.79. The van der Waals surface area contributed by atoms with Crippen LogP contribution in [-0.4, -0.2) is 24.3 Å². The highest BCUT2D eigenvalue weighted by Crippen LogP contribution is 2.33. The van der Waals surface area contributed by atoms with Crippen LogP contribution >= 0.6 is 0 Å². The number of carboxylic acid groups (broad SMARTS) is 1. The minimum atomic E-state index is -0.931. The Hall–Kier alpha value is -3.27. The van der Waals surface area contributed by atoms with Crippen LogP contribution in [0.15, 0.2) is 72.8 Å². The minimum absolute atomic E-state index is 0.0530. The average Bonchev–Trinajstić information content (AvgIpc) is 2.74. The molecule has 3 aromatic carbocycles. The van der Waals surface area contributed by atoms with Gasteiger partial charge in [0, 0.05) is 0 Å². The Morgan fingerprint density at radius 1 is 0.931 bits per heavy atom. The molecule has 0 radical (unpaired) electrons. The predicted octanol–water partition coefficient (Wildman–Crippen LogP) is 5.85. The van der Waals surface area contributed by atoms with E-state index in [1.165, 1.54) is 5.56 Å². The lowest BCUT2D eigenvalue weighted by atomic mass is 10.0. The number of aryl methyl sites for hydroxylation is 1. The quantitative estimate of drug-likeness (QED) is 0.498. The van der Waals surface area contributed by atoms with Gasteiger partial charge in [0.1, 0.15) is 0 Å². The standard InChI is InChI=1S/C25H26O4/c1-18(7-6-10-19-8-4-3-5-9-19)29-24-17-22(15-16-23(24)28-2)20-11-13-21(14-12-20)25(26)27/h3-5,8-9,11-18H,6-7,10H2,1-2H3,(H,26,27)/t18-/m1/s1. The summed E-state index contributed by atoms with van der Waals surface area (Å²) >= 11 is 0. The third-order valence-corrected chi connectivity index (χ3v) is 4.88. The fraction of sp³-hybridized carbons (Fsp3) is 0.240. The van der Waals surface area contributed by atoms with Crippen LogP contribution in [-0.2, 0) is 6.42 Å². The van der Waals surface area contributed by atoms with E-state index in [0.29, 0.717) is 11.5 Å². The monoisotopic (exact) mass is 390 g/mol. The first-order valence-electron chi connectivity index (χ1n) is 9.79. The number of rotatable bonds is 9. The lowest BCUT2D eigenvalue weighted by molar-refractivity contribution is 0.0697. The molecule has 0 spiro atoms. The molecular weight excluding hydrogens is 364 g/mol. The van der Waals surface area contributed by atoms with Gasteiger partial charge >= 0.3 is 5.97 Å². The third-order valence-electron chi connectivity index (χ3n) is 4.88. The van der Waals surface area contributed by atoms with E-state index in [9.17, 15) is 4.79 Å². The van der Waals surface area contributed by atoms with E-state index >= 15 is 0 Å². The SMILES string of the molecule is COc1ccc(-c2ccc(C(=O)O)cc2)cc1O[C@H](C)CCCc1ccccc1. The normalized spacial score (nSPS) is 11.7. The Balaban J connectivity index is 1.67. The van der Waals surface area contributed by atoms with E-state index in [1.807, 2.05) is 24.3 Å². The summed E-state index contributed by atoms with van der Waals surface area (Å²) in [5, 5.41) is 9.06. The molecule has 0 bridgehead atoms. The summed E-state index contributed by atoms with van der Waals surface area (Å²) in [6, 6.07) is 23.0. The van der Waals surface area contributed by atoms with Crippen LogP contribution in [0, 0.1) is 0 Å². The molecule has 3 aromatic rings. The Bertz CT molecular complexity index is 933. The molecule has 0 fully saturated rings.